The molecule has 0 aromatic heterocycles. The molecule has 3 aliphatic heterocycles. The number of carbonyl (C=O) groups is 1. The van der Waals surface area contributed by atoms with Crippen molar-refractivity contribution in [2.24, 2.45) is 0 Å². The largest absolute Gasteiger partial charge is 0.478 e. The van der Waals surface area contributed by atoms with E-state index in [0.29, 0.717) is 6.42 Å². The third-order valence-corrected chi connectivity index (χ3v) is 3.90. The Morgan fingerprint density at radius 2 is 2.26 bits per heavy atom. The van der Waals surface area contributed by atoms with Crippen LogP contribution in [0.5, 0.6) is 0 Å². The van der Waals surface area contributed by atoms with Gasteiger partial charge in [-0.1, -0.05) is 36.4 Å². The first-order chi connectivity index (χ1) is 9.20. The quantitative estimate of drug-likeness (QED) is 0.825. The van der Waals surface area contributed by atoms with Crippen molar-refractivity contribution >= 4 is 5.97 Å². The van der Waals surface area contributed by atoms with Crippen LogP contribution in [-0.2, 0) is 16.1 Å². The monoisotopic (exact) mass is 259 g/mol. The maximum atomic E-state index is 10.5. The second kappa shape index (κ2) is 4.79. The predicted molar refractivity (Wildman–Crippen MR) is 70.2 cm³/mol. The van der Waals surface area contributed by atoms with Gasteiger partial charge in [-0.25, -0.2) is 9.69 Å². The van der Waals surface area contributed by atoms with Gasteiger partial charge in [0.1, 0.15) is 12.0 Å². The minimum absolute atomic E-state index is 0.207. The highest BCUT2D eigenvalue weighted by Crippen LogP contribution is 2.50. The van der Waals surface area contributed by atoms with E-state index in [1.54, 1.807) is 6.08 Å². The van der Waals surface area contributed by atoms with E-state index in [2.05, 4.69) is 17.0 Å². The lowest BCUT2D eigenvalue weighted by Crippen LogP contribution is -2.60. The van der Waals surface area contributed by atoms with Gasteiger partial charge < -0.3 is 9.84 Å². The van der Waals surface area contributed by atoms with E-state index in [-0.39, 0.29) is 12.0 Å². The smallest absolute Gasteiger partial charge is 0.327 e. The van der Waals surface area contributed by atoms with Crippen LogP contribution in [0.1, 0.15) is 24.8 Å². The van der Waals surface area contributed by atoms with E-state index in [1.807, 2.05) is 18.2 Å². The van der Waals surface area contributed by atoms with E-state index in [9.17, 15) is 4.79 Å². The van der Waals surface area contributed by atoms with Gasteiger partial charge in [0.2, 0.25) is 0 Å². The Morgan fingerprint density at radius 3 is 2.95 bits per heavy atom. The first kappa shape index (κ1) is 12.4. The number of rotatable bonds is 5. The number of aliphatic carboxylic acids is 1. The fourth-order valence-electron chi connectivity index (χ4n) is 3.00. The first-order valence-corrected chi connectivity index (χ1v) is 6.58. The van der Waals surface area contributed by atoms with E-state index in [0.717, 1.165) is 19.4 Å². The summed E-state index contributed by atoms with van der Waals surface area (Å²) in [4.78, 5) is 12.9. The minimum atomic E-state index is -0.903. The lowest BCUT2D eigenvalue weighted by atomic mass is 10.0. The third-order valence-electron chi connectivity index (χ3n) is 3.90. The Hall–Kier alpha value is -1.65. The molecule has 0 saturated carbocycles. The first-order valence-electron chi connectivity index (χ1n) is 6.58. The lowest BCUT2D eigenvalue weighted by molar-refractivity contribution is -0.312. The molecule has 100 valence electrons. The van der Waals surface area contributed by atoms with Crippen molar-refractivity contribution in [3.63, 3.8) is 0 Å². The second-order valence-corrected chi connectivity index (χ2v) is 5.12. The fraction of sp³-hybridized carbons (Fsp3) is 0.400. The molecule has 3 aliphatic rings. The summed E-state index contributed by atoms with van der Waals surface area (Å²) in [5.74, 6) is -0.903. The van der Waals surface area contributed by atoms with Gasteiger partial charge in [-0.05, 0) is 18.4 Å². The number of nitrogens with zero attached hydrogens (tertiary/aromatic N) is 1. The van der Waals surface area contributed by atoms with Gasteiger partial charge in [-0.3, -0.25) is 0 Å². The summed E-state index contributed by atoms with van der Waals surface area (Å²) in [6, 6.07) is 10.3. The standard InChI is InChI=1S/C15H17NO3/c17-14(18)7-4-9-15-10-8-13(19-15)16(15)11-12-5-2-1-3-6-12/h1-7,13H,8-11H2,(H,17,18)/b7-4+/t13?,15-/m1/s1. The topological polar surface area (TPSA) is 49.8 Å². The molecule has 3 heterocycles. The number of carboxylic acid groups (broad SMARTS) is 1. The highest BCUT2D eigenvalue weighted by atomic mass is 16.6. The molecule has 1 aromatic rings. The molecule has 4 rings (SSSR count). The number of ether oxygens (including phenoxy) is 1. The molecular weight excluding hydrogens is 242 g/mol. The zero-order valence-corrected chi connectivity index (χ0v) is 10.7. The average molecular weight is 259 g/mol. The number of benzene rings is 1. The molecule has 3 fully saturated rings. The third kappa shape index (κ3) is 2.29. The van der Waals surface area contributed by atoms with Gasteiger partial charge in [0.25, 0.3) is 0 Å². The second-order valence-electron chi connectivity index (χ2n) is 5.12. The molecule has 3 saturated heterocycles. The molecular formula is C15H17NO3. The zero-order chi connectivity index (χ0) is 13.3. The fourth-order valence-corrected chi connectivity index (χ4v) is 3.00. The van der Waals surface area contributed by atoms with Crippen molar-refractivity contribution in [2.75, 3.05) is 0 Å². The Morgan fingerprint density at radius 1 is 1.47 bits per heavy atom. The summed E-state index contributed by atoms with van der Waals surface area (Å²) in [5, 5.41) is 8.64. The summed E-state index contributed by atoms with van der Waals surface area (Å²) in [5.41, 5.74) is 0.996. The molecule has 1 N–H and O–H groups in total. The van der Waals surface area contributed by atoms with Crippen molar-refractivity contribution in [1.82, 2.24) is 4.90 Å². The van der Waals surface area contributed by atoms with Gasteiger partial charge in [-0.2, -0.15) is 0 Å². The molecule has 4 nitrogen and oxygen atoms in total. The molecule has 1 unspecified atom stereocenters. The Kier molecular flexibility index (Phi) is 3.12. The van der Waals surface area contributed by atoms with Gasteiger partial charge in [0, 0.05) is 19.0 Å². The summed E-state index contributed by atoms with van der Waals surface area (Å²) in [7, 11) is 0. The van der Waals surface area contributed by atoms with Crippen LogP contribution in [0.3, 0.4) is 0 Å². The van der Waals surface area contributed by atoms with Crippen LogP contribution in [0.2, 0.25) is 0 Å². The Bertz CT molecular complexity index is 495. The number of hydrogen-bond acceptors (Lipinski definition) is 3. The molecule has 4 heteroatoms. The van der Waals surface area contributed by atoms with Crippen molar-refractivity contribution in [3.8, 4) is 0 Å². The van der Waals surface area contributed by atoms with Crippen molar-refractivity contribution in [1.29, 1.82) is 0 Å². The van der Waals surface area contributed by atoms with Gasteiger partial charge in [0.15, 0.2) is 0 Å². The highest BCUT2D eigenvalue weighted by molar-refractivity contribution is 5.79. The average Bonchev–Trinajstić information content (AvgIpc) is 2.95. The van der Waals surface area contributed by atoms with Crippen LogP contribution >= 0.6 is 0 Å². The van der Waals surface area contributed by atoms with Crippen molar-refractivity contribution in [3.05, 3.63) is 48.0 Å². The summed E-state index contributed by atoms with van der Waals surface area (Å²) < 4.78 is 5.89. The molecule has 19 heavy (non-hydrogen) atoms. The Balaban J connectivity index is 1.67. The summed E-state index contributed by atoms with van der Waals surface area (Å²) in [6.07, 6.45) is 5.76. The van der Waals surface area contributed by atoms with E-state index in [1.165, 1.54) is 11.6 Å². The zero-order valence-electron chi connectivity index (χ0n) is 10.7. The highest BCUT2D eigenvalue weighted by Gasteiger charge is 2.57. The molecule has 0 amide bonds. The van der Waals surface area contributed by atoms with E-state index < -0.39 is 5.97 Å². The molecule has 1 aromatic carbocycles. The molecule has 2 bridgehead atoms. The van der Waals surface area contributed by atoms with Crippen LogP contribution in [0.4, 0.5) is 0 Å². The summed E-state index contributed by atoms with van der Waals surface area (Å²) >= 11 is 0. The Labute approximate surface area is 112 Å². The normalized spacial score (nSPS) is 29.6. The number of carboxylic acids is 1. The van der Waals surface area contributed by atoms with E-state index >= 15 is 0 Å². The van der Waals surface area contributed by atoms with Crippen LogP contribution in [0.25, 0.3) is 0 Å². The molecule has 0 aliphatic carbocycles. The van der Waals surface area contributed by atoms with Gasteiger partial charge >= 0.3 is 5.97 Å². The van der Waals surface area contributed by atoms with Crippen LogP contribution < -0.4 is 0 Å². The molecule has 0 spiro atoms. The van der Waals surface area contributed by atoms with Crippen molar-refractivity contribution in [2.45, 2.75) is 37.8 Å². The summed E-state index contributed by atoms with van der Waals surface area (Å²) in [6.45, 7) is 0.867. The van der Waals surface area contributed by atoms with Crippen LogP contribution in [0, 0.1) is 0 Å². The SMILES string of the molecule is O=C(O)/C=C/C[C@]12CCC(O1)N2Cc1ccccc1. The molecule has 2 atom stereocenters. The lowest BCUT2D eigenvalue weighted by Gasteiger charge is -2.50. The van der Waals surface area contributed by atoms with Gasteiger partial charge in [0.05, 0.1) is 0 Å². The maximum Gasteiger partial charge on any atom is 0.327 e. The molecule has 0 radical (unpaired) electrons. The number of fused-ring (bicyclic) bond motifs is 1. The minimum Gasteiger partial charge on any atom is -0.478 e. The maximum absolute atomic E-state index is 10.5. The number of hydrogen-bond donors (Lipinski definition) is 1. The van der Waals surface area contributed by atoms with Gasteiger partial charge in [-0.15, -0.1) is 0 Å². The van der Waals surface area contributed by atoms with Crippen molar-refractivity contribution < 1.29 is 14.6 Å². The predicted octanol–water partition coefficient (Wildman–Crippen LogP) is 2.37. The van der Waals surface area contributed by atoms with Crippen LogP contribution in [-0.4, -0.2) is 27.9 Å². The van der Waals surface area contributed by atoms with Crippen LogP contribution in [0.15, 0.2) is 42.5 Å². The van der Waals surface area contributed by atoms with E-state index in [4.69, 9.17) is 9.84 Å².